The van der Waals surface area contributed by atoms with Gasteiger partial charge in [0.25, 0.3) is 0 Å². The summed E-state index contributed by atoms with van der Waals surface area (Å²) >= 11 is 5.22. The van der Waals surface area contributed by atoms with Gasteiger partial charge in [-0.05, 0) is 50.1 Å². The van der Waals surface area contributed by atoms with Crippen LogP contribution in [0.25, 0.3) is 0 Å². The lowest BCUT2D eigenvalue weighted by Crippen LogP contribution is -1.95. The van der Waals surface area contributed by atoms with E-state index in [1.54, 1.807) is 12.1 Å². The van der Waals surface area contributed by atoms with E-state index in [9.17, 15) is 4.39 Å². The van der Waals surface area contributed by atoms with Crippen molar-refractivity contribution in [1.82, 2.24) is 0 Å². The topological polar surface area (TPSA) is 35.9 Å². The van der Waals surface area contributed by atoms with Crippen molar-refractivity contribution in [2.24, 2.45) is 0 Å². The molecular formula is C7H6BrFIN2P. The van der Waals surface area contributed by atoms with E-state index in [-0.39, 0.29) is 0 Å². The van der Waals surface area contributed by atoms with Gasteiger partial charge in [0.2, 0.25) is 0 Å². The van der Waals surface area contributed by atoms with Crippen LogP contribution in [0.2, 0.25) is 0 Å². The van der Waals surface area contributed by atoms with Crippen LogP contribution >= 0.6 is 44.3 Å². The van der Waals surface area contributed by atoms with Crippen LogP contribution in [0.1, 0.15) is 5.56 Å². The molecular weight excluding hydrogens is 369 g/mol. The molecule has 1 rings (SSSR count). The lowest BCUT2D eigenvalue weighted by molar-refractivity contribution is 0.620. The molecule has 0 heterocycles. The first-order valence-corrected chi connectivity index (χ1v) is 8.21. The SMILES string of the molecule is N=Cc1c(NPI)ccc(Br)c1F. The Balaban J connectivity index is 3.21. The number of nitrogens with one attached hydrogen (secondary N) is 2. The van der Waals surface area contributed by atoms with Gasteiger partial charge in [-0.3, -0.25) is 0 Å². The molecule has 0 amide bonds. The Bertz CT molecular complexity index is 335. The van der Waals surface area contributed by atoms with Crippen LogP contribution in [0.15, 0.2) is 16.6 Å². The molecule has 1 aromatic carbocycles. The summed E-state index contributed by atoms with van der Waals surface area (Å²) in [4.78, 5) is 0. The molecule has 0 fully saturated rings. The molecule has 0 spiro atoms. The Kier molecular flexibility index (Phi) is 4.55. The van der Waals surface area contributed by atoms with Gasteiger partial charge in [0.05, 0.1) is 10.0 Å². The van der Waals surface area contributed by atoms with Crippen molar-refractivity contribution in [3.8, 4) is 0 Å². The first-order valence-electron chi connectivity index (χ1n) is 3.30. The third-order valence-corrected chi connectivity index (χ3v) is 3.24. The Morgan fingerprint density at radius 2 is 2.31 bits per heavy atom. The van der Waals surface area contributed by atoms with Crippen molar-refractivity contribution < 1.29 is 4.39 Å². The van der Waals surface area contributed by atoms with E-state index < -0.39 is 5.82 Å². The first kappa shape index (κ1) is 11.3. The highest BCUT2D eigenvalue weighted by Crippen LogP contribution is 2.30. The highest BCUT2D eigenvalue weighted by atomic mass is 127. The van der Waals surface area contributed by atoms with E-state index in [0.717, 1.165) is 6.21 Å². The van der Waals surface area contributed by atoms with E-state index in [1.807, 2.05) is 0 Å². The molecule has 1 atom stereocenters. The zero-order valence-corrected chi connectivity index (χ0v) is 11.1. The summed E-state index contributed by atoms with van der Waals surface area (Å²) in [7, 11) is 0. The third-order valence-electron chi connectivity index (χ3n) is 1.46. The monoisotopic (exact) mass is 374 g/mol. The molecule has 0 bridgehead atoms. The van der Waals surface area contributed by atoms with Crippen LogP contribution in [-0.4, -0.2) is 6.21 Å². The molecule has 1 aromatic rings. The summed E-state index contributed by atoms with van der Waals surface area (Å²) in [6, 6.07) is 3.38. The Morgan fingerprint density at radius 1 is 1.62 bits per heavy atom. The van der Waals surface area contributed by atoms with E-state index in [2.05, 4.69) is 43.1 Å². The molecule has 70 valence electrons. The fourth-order valence-corrected chi connectivity index (χ4v) is 2.40. The fraction of sp³-hybridized carbons (Fsp3) is 0. The molecule has 0 saturated heterocycles. The van der Waals surface area contributed by atoms with Gasteiger partial charge in [-0.2, -0.15) is 0 Å². The summed E-state index contributed by atoms with van der Waals surface area (Å²) in [5, 5.41) is 10.1. The van der Waals surface area contributed by atoms with Crippen molar-refractivity contribution in [3.05, 3.63) is 28.0 Å². The molecule has 0 aliphatic carbocycles. The third kappa shape index (κ3) is 2.60. The molecule has 0 radical (unpaired) electrons. The first-order chi connectivity index (χ1) is 6.20. The number of hydrogen-bond donors (Lipinski definition) is 2. The minimum Gasteiger partial charge on any atom is -0.358 e. The maximum Gasteiger partial charge on any atom is 0.148 e. The second-order valence-electron chi connectivity index (χ2n) is 2.19. The van der Waals surface area contributed by atoms with Crippen LogP contribution in [0.4, 0.5) is 10.1 Å². The standard InChI is InChI=1S/C7H6BrFIN2P/c8-5-1-2-6(12-13-10)4(3-11)7(5)9/h1-3,11-13H. The van der Waals surface area contributed by atoms with E-state index in [4.69, 9.17) is 5.41 Å². The number of benzene rings is 1. The van der Waals surface area contributed by atoms with Gasteiger partial charge in [0, 0.05) is 18.3 Å². The molecule has 1 unspecified atom stereocenters. The predicted molar refractivity (Wildman–Crippen MR) is 67.9 cm³/mol. The minimum absolute atomic E-state index is 0.290. The lowest BCUT2D eigenvalue weighted by Gasteiger charge is -2.07. The Hall–Kier alpha value is 0.260. The summed E-state index contributed by atoms with van der Waals surface area (Å²) in [5.41, 5.74) is 0.946. The molecule has 0 aliphatic rings. The van der Waals surface area contributed by atoms with Crippen molar-refractivity contribution >= 4 is 56.2 Å². The maximum atomic E-state index is 13.3. The van der Waals surface area contributed by atoms with Gasteiger partial charge in [-0.1, -0.05) is 0 Å². The molecule has 2 nitrogen and oxygen atoms in total. The second kappa shape index (κ2) is 5.22. The average molecular weight is 375 g/mol. The maximum absolute atomic E-state index is 13.3. The van der Waals surface area contributed by atoms with Gasteiger partial charge < -0.3 is 10.5 Å². The number of anilines is 1. The molecule has 0 saturated carbocycles. The Morgan fingerprint density at radius 3 is 2.85 bits per heavy atom. The van der Waals surface area contributed by atoms with Gasteiger partial charge >= 0.3 is 0 Å². The zero-order chi connectivity index (χ0) is 9.84. The summed E-state index contributed by atoms with van der Waals surface area (Å²) in [6.07, 6.45) is 1.48. The summed E-state index contributed by atoms with van der Waals surface area (Å²) in [5.74, 6) is -0.394. The average Bonchev–Trinajstić information content (AvgIpc) is 2.12. The van der Waals surface area contributed by atoms with E-state index >= 15 is 0 Å². The molecule has 13 heavy (non-hydrogen) atoms. The van der Waals surface area contributed by atoms with Crippen LogP contribution in [-0.2, 0) is 0 Å². The molecule has 6 heteroatoms. The van der Waals surface area contributed by atoms with Crippen LogP contribution in [0.5, 0.6) is 0 Å². The fourth-order valence-electron chi connectivity index (χ4n) is 0.867. The largest absolute Gasteiger partial charge is 0.358 e. The highest BCUT2D eigenvalue weighted by molar-refractivity contribution is 14.2. The van der Waals surface area contributed by atoms with Gasteiger partial charge in [-0.25, -0.2) is 4.39 Å². The van der Waals surface area contributed by atoms with Crippen molar-refractivity contribution in [1.29, 1.82) is 5.41 Å². The van der Waals surface area contributed by atoms with Crippen LogP contribution in [0.3, 0.4) is 0 Å². The summed E-state index contributed by atoms with van der Waals surface area (Å²) < 4.78 is 13.7. The van der Waals surface area contributed by atoms with Crippen LogP contribution in [0, 0.1) is 11.2 Å². The Labute approximate surface area is 98.6 Å². The van der Waals surface area contributed by atoms with E-state index in [0.29, 0.717) is 22.1 Å². The van der Waals surface area contributed by atoms with Crippen molar-refractivity contribution in [2.45, 2.75) is 0 Å². The van der Waals surface area contributed by atoms with Gasteiger partial charge in [-0.15, -0.1) is 0 Å². The van der Waals surface area contributed by atoms with Gasteiger partial charge in [0.1, 0.15) is 5.82 Å². The summed E-state index contributed by atoms with van der Waals surface area (Å²) in [6.45, 7) is 0. The zero-order valence-electron chi connectivity index (χ0n) is 6.37. The van der Waals surface area contributed by atoms with Crippen molar-refractivity contribution in [3.63, 3.8) is 0 Å². The predicted octanol–water partition coefficient (Wildman–Crippen LogP) is 3.94. The molecule has 0 aromatic heterocycles. The highest BCUT2D eigenvalue weighted by Gasteiger charge is 2.08. The molecule has 2 N–H and O–H groups in total. The van der Waals surface area contributed by atoms with E-state index in [1.165, 1.54) is 0 Å². The number of rotatable bonds is 3. The quantitative estimate of drug-likeness (QED) is 0.469. The van der Waals surface area contributed by atoms with Crippen molar-refractivity contribution in [2.75, 3.05) is 5.09 Å². The second-order valence-corrected chi connectivity index (χ2v) is 5.10. The normalized spacial score (nSPS) is 10.7. The number of hydrogen-bond acceptors (Lipinski definition) is 2. The molecule has 0 aliphatic heterocycles. The lowest BCUT2D eigenvalue weighted by atomic mass is 10.2. The van der Waals surface area contributed by atoms with Gasteiger partial charge in [0.15, 0.2) is 0 Å². The smallest absolute Gasteiger partial charge is 0.148 e. The minimum atomic E-state index is -0.394. The number of halogens is 3. The van der Waals surface area contributed by atoms with Crippen LogP contribution < -0.4 is 5.09 Å².